The summed E-state index contributed by atoms with van der Waals surface area (Å²) in [6, 6.07) is 17.8. The van der Waals surface area contributed by atoms with Crippen molar-refractivity contribution in [2.75, 3.05) is 5.73 Å². The molecule has 2 aromatic carbocycles. The number of aromatic nitrogens is 1. The van der Waals surface area contributed by atoms with E-state index in [-0.39, 0.29) is 0 Å². The predicted molar refractivity (Wildman–Crippen MR) is 76.6 cm³/mol. The van der Waals surface area contributed by atoms with Crippen molar-refractivity contribution in [3.8, 4) is 6.07 Å². The lowest BCUT2D eigenvalue weighted by Crippen LogP contribution is -1.98. The third kappa shape index (κ3) is 2.16. The Hall–Kier alpha value is -2.73. The topological polar surface area (TPSA) is 54.7 Å². The van der Waals surface area contributed by atoms with Gasteiger partial charge in [0.15, 0.2) is 0 Å². The van der Waals surface area contributed by atoms with Gasteiger partial charge >= 0.3 is 0 Å². The van der Waals surface area contributed by atoms with E-state index in [1.807, 2.05) is 48.7 Å². The van der Waals surface area contributed by atoms with Gasteiger partial charge in [-0.25, -0.2) is 0 Å². The minimum absolute atomic E-state index is 0.693. The fraction of sp³-hybridized carbons (Fsp3) is 0.0625. The Kier molecular flexibility index (Phi) is 2.70. The minimum Gasteiger partial charge on any atom is -0.399 e. The fourth-order valence-corrected chi connectivity index (χ4v) is 2.29. The molecule has 3 rings (SSSR count). The van der Waals surface area contributed by atoms with Crippen molar-refractivity contribution in [1.82, 2.24) is 4.57 Å². The van der Waals surface area contributed by atoms with Crippen LogP contribution in [0.3, 0.4) is 0 Å². The maximum atomic E-state index is 8.92. The van der Waals surface area contributed by atoms with Crippen LogP contribution in [0.2, 0.25) is 0 Å². The summed E-state index contributed by atoms with van der Waals surface area (Å²) in [6.07, 6.45) is 2.04. The van der Waals surface area contributed by atoms with Crippen LogP contribution in [-0.2, 0) is 6.54 Å². The number of nitrogens with two attached hydrogens (primary N) is 1. The van der Waals surface area contributed by atoms with Gasteiger partial charge in [-0.3, -0.25) is 0 Å². The highest BCUT2D eigenvalue weighted by molar-refractivity contribution is 5.83. The van der Waals surface area contributed by atoms with Crippen LogP contribution in [0.15, 0.2) is 54.7 Å². The highest BCUT2D eigenvalue weighted by Gasteiger charge is 2.02. The number of nitrogen functional groups attached to an aromatic ring is 1. The molecule has 3 heteroatoms. The molecule has 3 nitrogen and oxygen atoms in total. The number of fused-ring (bicyclic) bond motifs is 1. The molecule has 0 saturated heterocycles. The zero-order valence-electron chi connectivity index (χ0n) is 10.4. The normalized spacial score (nSPS) is 10.5. The van der Waals surface area contributed by atoms with Crippen LogP contribution in [0.1, 0.15) is 11.1 Å². The Labute approximate surface area is 111 Å². The van der Waals surface area contributed by atoms with Crippen molar-refractivity contribution in [1.29, 1.82) is 5.26 Å². The van der Waals surface area contributed by atoms with E-state index in [2.05, 4.69) is 16.7 Å². The monoisotopic (exact) mass is 247 g/mol. The SMILES string of the molecule is N#Cc1cccc(Cn2ccc3cc(N)ccc32)c1. The van der Waals surface area contributed by atoms with Crippen LogP contribution in [-0.4, -0.2) is 4.57 Å². The molecule has 0 bridgehead atoms. The zero-order chi connectivity index (χ0) is 13.2. The first-order valence-corrected chi connectivity index (χ1v) is 6.10. The number of rotatable bonds is 2. The van der Waals surface area contributed by atoms with Crippen LogP contribution in [0.5, 0.6) is 0 Å². The molecule has 92 valence electrons. The molecule has 0 aliphatic carbocycles. The fourth-order valence-electron chi connectivity index (χ4n) is 2.29. The lowest BCUT2D eigenvalue weighted by molar-refractivity contribution is 0.836. The molecule has 0 fully saturated rings. The third-order valence-electron chi connectivity index (χ3n) is 3.20. The number of hydrogen-bond acceptors (Lipinski definition) is 2. The Bertz CT molecular complexity index is 778. The first kappa shape index (κ1) is 11.4. The summed E-state index contributed by atoms with van der Waals surface area (Å²) in [5, 5.41) is 10.1. The Morgan fingerprint density at radius 3 is 2.84 bits per heavy atom. The molecule has 0 atom stereocenters. The van der Waals surface area contributed by atoms with E-state index in [0.29, 0.717) is 5.56 Å². The van der Waals surface area contributed by atoms with E-state index in [9.17, 15) is 0 Å². The van der Waals surface area contributed by atoms with Gasteiger partial charge < -0.3 is 10.3 Å². The van der Waals surface area contributed by atoms with Crippen LogP contribution < -0.4 is 5.73 Å². The number of hydrogen-bond donors (Lipinski definition) is 1. The zero-order valence-corrected chi connectivity index (χ0v) is 10.4. The van der Waals surface area contributed by atoms with Crippen molar-refractivity contribution in [2.45, 2.75) is 6.54 Å². The highest BCUT2D eigenvalue weighted by atomic mass is 14.9. The summed E-state index contributed by atoms with van der Waals surface area (Å²) in [5.74, 6) is 0. The van der Waals surface area contributed by atoms with Gasteiger partial charge in [-0.05, 0) is 42.0 Å². The van der Waals surface area contributed by atoms with E-state index in [1.54, 1.807) is 0 Å². The first-order valence-electron chi connectivity index (χ1n) is 6.10. The molecule has 0 aliphatic heterocycles. The maximum absolute atomic E-state index is 8.92. The van der Waals surface area contributed by atoms with Crippen molar-refractivity contribution < 1.29 is 0 Å². The van der Waals surface area contributed by atoms with Crippen LogP contribution in [0.4, 0.5) is 5.69 Å². The van der Waals surface area contributed by atoms with Gasteiger partial charge in [0, 0.05) is 29.3 Å². The van der Waals surface area contributed by atoms with Gasteiger partial charge in [0.2, 0.25) is 0 Å². The van der Waals surface area contributed by atoms with Crippen molar-refractivity contribution in [2.24, 2.45) is 0 Å². The summed E-state index contributed by atoms with van der Waals surface area (Å²) < 4.78 is 2.16. The van der Waals surface area contributed by atoms with Crippen molar-refractivity contribution in [3.63, 3.8) is 0 Å². The van der Waals surface area contributed by atoms with Gasteiger partial charge in [-0.1, -0.05) is 12.1 Å². The van der Waals surface area contributed by atoms with Gasteiger partial charge in [0.25, 0.3) is 0 Å². The second-order valence-corrected chi connectivity index (χ2v) is 4.57. The quantitative estimate of drug-likeness (QED) is 0.707. The average Bonchev–Trinajstić information content (AvgIpc) is 2.81. The first-order chi connectivity index (χ1) is 9.26. The summed E-state index contributed by atoms with van der Waals surface area (Å²) in [4.78, 5) is 0. The van der Waals surface area contributed by atoms with Crippen molar-refractivity contribution in [3.05, 3.63) is 65.9 Å². The van der Waals surface area contributed by atoms with E-state index in [0.717, 1.165) is 28.7 Å². The molecule has 1 heterocycles. The molecule has 0 spiro atoms. The third-order valence-corrected chi connectivity index (χ3v) is 3.20. The largest absolute Gasteiger partial charge is 0.399 e. The standard InChI is InChI=1S/C16H13N3/c17-10-12-2-1-3-13(8-12)11-19-7-6-14-9-15(18)4-5-16(14)19/h1-9H,11,18H2. The smallest absolute Gasteiger partial charge is 0.0991 e. The maximum Gasteiger partial charge on any atom is 0.0991 e. The number of benzene rings is 2. The van der Waals surface area contributed by atoms with Crippen LogP contribution >= 0.6 is 0 Å². The lowest BCUT2D eigenvalue weighted by atomic mass is 10.1. The molecule has 0 aliphatic rings. The molecule has 0 radical (unpaired) electrons. The van der Waals surface area contributed by atoms with Gasteiger partial charge in [0.05, 0.1) is 11.6 Å². The number of nitriles is 1. The molecule has 1 aromatic heterocycles. The number of nitrogens with zero attached hydrogens (tertiary/aromatic N) is 2. The van der Waals surface area contributed by atoms with Gasteiger partial charge in [0.1, 0.15) is 0 Å². The molecule has 0 amide bonds. The second-order valence-electron chi connectivity index (χ2n) is 4.57. The number of anilines is 1. The van der Waals surface area contributed by atoms with Crippen LogP contribution in [0, 0.1) is 11.3 Å². The summed E-state index contributed by atoms with van der Waals surface area (Å²) in [6.45, 7) is 0.753. The summed E-state index contributed by atoms with van der Waals surface area (Å²) >= 11 is 0. The summed E-state index contributed by atoms with van der Waals surface area (Å²) in [5.41, 5.74) is 9.51. The van der Waals surface area contributed by atoms with Gasteiger partial charge in [-0.2, -0.15) is 5.26 Å². The molecule has 0 saturated carbocycles. The average molecular weight is 247 g/mol. The van der Waals surface area contributed by atoms with Gasteiger partial charge in [-0.15, -0.1) is 0 Å². The predicted octanol–water partition coefficient (Wildman–Crippen LogP) is 3.14. The molecule has 0 unspecified atom stereocenters. The highest BCUT2D eigenvalue weighted by Crippen LogP contribution is 2.20. The Balaban J connectivity index is 1.99. The summed E-state index contributed by atoms with van der Waals surface area (Å²) in [7, 11) is 0. The minimum atomic E-state index is 0.693. The lowest BCUT2D eigenvalue weighted by Gasteiger charge is -2.06. The molecule has 19 heavy (non-hydrogen) atoms. The van der Waals surface area contributed by atoms with E-state index < -0.39 is 0 Å². The van der Waals surface area contributed by atoms with E-state index in [4.69, 9.17) is 11.0 Å². The Morgan fingerprint density at radius 1 is 1.11 bits per heavy atom. The van der Waals surface area contributed by atoms with E-state index >= 15 is 0 Å². The Morgan fingerprint density at radius 2 is 2.00 bits per heavy atom. The van der Waals surface area contributed by atoms with Crippen LogP contribution in [0.25, 0.3) is 10.9 Å². The molecule has 3 aromatic rings. The molecular weight excluding hydrogens is 234 g/mol. The second kappa shape index (κ2) is 4.51. The molecule has 2 N–H and O–H groups in total. The van der Waals surface area contributed by atoms with Crippen molar-refractivity contribution >= 4 is 16.6 Å². The molecular formula is C16H13N3. The van der Waals surface area contributed by atoms with E-state index in [1.165, 1.54) is 0 Å².